The Hall–Kier alpha value is -2.53. The van der Waals surface area contributed by atoms with Crippen LogP contribution in [0.5, 0.6) is 5.75 Å². The number of aryl methyl sites for hydroxylation is 1. The lowest BCUT2D eigenvalue weighted by molar-refractivity contribution is -0.112. The summed E-state index contributed by atoms with van der Waals surface area (Å²) in [7, 11) is 0. The van der Waals surface area contributed by atoms with Gasteiger partial charge < -0.3 is 15.2 Å². The molecule has 156 valence electrons. The average molecular weight is 465 g/mol. The molecule has 0 spiro atoms. The number of phenols is 1. The van der Waals surface area contributed by atoms with E-state index < -0.39 is 11.9 Å². The summed E-state index contributed by atoms with van der Waals surface area (Å²) in [5.74, 6) is -1.49. The van der Waals surface area contributed by atoms with Crippen molar-refractivity contribution < 1.29 is 19.4 Å². The third kappa shape index (κ3) is 4.62. The number of thiophene rings is 1. The number of nitriles is 1. The van der Waals surface area contributed by atoms with E-state index in [1.807, 2.05) is 6.07 Å². The minimum Gasteiger partial charge on any atom is -0.506 e. The molecule has 1 aromatic carbocycles. The zero-order valence-corrected chi connectivity index (χ0v) is 18.4. The van der Waals surface area contributed by atoms with Crippen LogP contribution >= 0.6 is 34.5 Å². The Labute approximate surface area is 187 Å². The molecular weight excluding hydrogens is 447 g/mol. The number of esters is 1. The van der Waals surface area contributed by atoms with Crippen molar-refractivity contribution in [3.8, 4) is 11.8 Å². The zero-order valence-electron chi connectivity index (χ0n) is 16.1. The molecule has 3 rings (SSSR count). The Morgan fingerprint density at radius 3 is 2.77 bits per heavy atom. The van der Waals surface area contributed by atoms with Crippen molar-refractivity contribution in [3.63, 3.8) is 0 Å². The summed E-state index contributed by atoms with van der Waals surface area (Å²) in [5, 5.41) is 22.8. The number of rotatable bonds is 5. The summed E-state index contributed by atoms with van der Waals surface area (Å²) in [6.07, 6.45) is 4.74. The Bertz CT molecular complexity index is 1090. The molecule has 2 N–H and O–H groups in total. The molecule has 30 heavy (non-hydrogen) atoms. The van der Waals surface area contributed by atoms with E-state index in [0.717, 1.165) is 36.1 Å². The minimum absolute atomic E-state index is 0.00183. The van der Waals surface area contributed by atoms with Crippen LogP contribution < -0.4 is 5.32 Å². The summed E-state index contributed by atoms with van der Waals surface area (Å²) in [6, 6.07) is 4.55. The van der Waals surface area contributed by atoms with Crippen molar-refractivity contribution in [1.82, 2.24) is 0 Å². The number of benzene rings is 1. The third-order valence-electron chi connectivity index (χ3n) is 4.60. The molecule has 0 unspecified atom stereocenters. The molecular formula is C21H18Cl2N2O4S. The molecule has 0 saturated heterocycles. The van der Waals surface area contributed by atoms with Crippen LogP contribution in [-0.4, -0.2) is 23.6 Å². The fourth-order valence-electron chi connectivity index (χ4n) is 3.24. The highest BCUT2D eigenvalue weighted by Gasteiger charge is 2.28. The van der Waals surface area contributed by atoms with Crippen LogP contribution in [0.2, 0.25) is 10.0 Å². The number of nitrogens with one attached hydrogen (secondary N) is 1. The minimum atomic E-state index is -0.711. The second-order valence-electron chi connectivity index (χ2n) is 6.58. The Kier molecular flexibility index (Phi) is 7.03. The maximum Gasteiger partial charge on any atom is 0.341 e. The van der Waals surface area contributed by atoms with Gasteiger partial charge in [0.15, 0.2) is 0 Å². The van der Waals surface area contributed by atoms with Gasteiger partial charge in [0.2, 0.25) is 0 Å². The van der Waals surface area contributed by atoms with E-state index in [9.17, 15) is 20.0 Å². The van der Waals surface area contributed by atoms with Gasteiger partial charge in [0.05, 0.1) is 17.2 Å². The van der Waals surface area contributed by atoms with Gasteiger partial charge in [-0.3, -0.25) is 4.79 Å². The predicted molar refractivity (Wildman–Crippen MR) is 117 cm³/mol. The molecule has 0 radical (unpaired) electrons. The number of ether oxygens (including phenoxy) is 1. The monoisotopic (exact) mass is 464 g/mol. The van der Waals surface area contributed by atoms with Gasteiger partial charge >= 0.3 is 5.97 Å². The van der Waals surface area contributed by atoms with Gasteiger partial charge in [0, 0.05) is 15.5 Å². The highest BCUT2D eigenvalue weighted by Crippen LogP contribution is 2.39. The summed E-state index contributed by atoms with van der Waals surface area (Å²) in [4.78, 5) is 26.3. The van der Waals surface area contributed by atoms with E-state index in [1.54, 1.807) is 6.92 Å². The van der Waals surface area contributed by atoms with E-state index in [1.165, 1.54) is 29.5 Å². The smallest absolute Gasteiger partial charge is 0.341 e. The molecule has 6 nitrogen and oxygen atoms in total. The average Bonchev–Trinajstić information content (AvgIpc) is 3.07. The molecule has 2 aromatic rings. The van der Waals surface area contributed by atoms with Crippen molar-refractivity contribution in [2.45, 2.75) is 32.6 Å². The van der Waals surface area contributed by atoms with E-state index in [2.05, 4.69) is 5.32 Å². The van der Waals surface area contributed by atoms with Gasteiger partial charge in [0.1, 0.15) is 22.4 Å². The second kappa shape index (κ2) is 9.52. The summed E-state index contributed by atoms with van der Waals surface area (Å²) in [6.45, 7) is 1.93. The fraction of sp³-hybridized carbons (Fsp3) is 0.286. The molecule has 0 atom stereocenters. The van der Waals surface area contributed by atoms with Gasteiger partial charge in [-0.25, -0.2) is 4.79 Å². The number of carbonyl (C=O) groups is 2. The first kappa shape index (κ1) is 22.2. The van der Waals surface area contributed by atoms with Crippen LogP contribution in [0.3, 0.4) is 0 Å². The van der Waals surface area contributed by atoms with E-state index in [4.69, 9.17) is 27.9 Å². The first-order valence-corrected chi connectivity index (χ1v) is 10.9. The zero-order chi connectivity index (χ0) is 21.8. The van der Waals surface area contributed by atoms with Gasteiger partial charge in [-0.15, -0.1) is 11.3 Å². The van der Waals surface area contributed by atoms with Crippen molar-refractivity contribution in [2.75, 3.05) is 11.9 Å². The van der Waals surface area contributed by atoms with Crippen molar-refractivity contribution in [3.05, 3.63) is 49.3 Å². The number of amides is 1. The Balaban J connectivity index is 1.96. The van der Waals surface area contributed by atoms with Gasteiger partial charge in [0.25, 0.3) is 5.91 Å². The van der Waals surface area contributed by atoms with E-state index >= 15 is 0 Å². The molecule has 1 aliphatic rings. The van der Waals surface area contributed by atoms with Crippen LogP contribution in [0.15, 0.2) is 17.7 Å². The second-order valence-corrected chi connectivity index (χ2v) is 8.53. The number of carbonyl (C=O) groups excluding carboxylic acids is 2. The largest absolute Gasteiger partial charge is 0.506 e. The molecule has 9 heteroatoms. The lowest BCUT2D eigenvalue weighted by Gasteiger charge is -2.12. The summed E-state index contributed by atoms with van der Waals surface area (Å²) < 4.78 is 5.17. The number of nitrogens with zero attached hydrogens (tertiary/aromatic N) is 1. The van der Waals surface area contributed by atoms with E-state index in [-0.39, 0.29) is 33.5 Å². The van der Waals surface area contributed by atoms with E-state index in [0.29, 0.717) is 10.6 Å². The molecule has 0 fully saturated rings. The fourth-order valence-corrected chi connectivity index (χ4v) is 5.03. The predicted octanol–water partition coefficient (Wildman–Crippen LogP) is 5.36. The molecule has 0 aliphatic heterocycles. The lowest BCUT2D eigenvalue weighted by Crippen LogP contribution is -2.16. The SMILES string of the molecule is CCOC(=O)c1c(NC(=O)/C(C#N)=C/c2cc(Cl)cc(Cl)c2O)sc2c1CCCC2. The third-order valence-corrected chi connectivity index (χ3v) is 6.31. The van der Waals surface area contributed by atoms with Crippen molar-refractivity contribution in [1.29, 1.82) is 5.26 Å². The molecule has 0 saturated carbocycles. The van der Waals surface area contributed by atoms with Gasteiger partial charge in [-0.2, -0.15) is 5.26 Å². The van der Waals surface area contributed by atoms with Crippen LogP contribution in [0.25, 0.3) is 6.08 Å². The molecule has 0 bridgehead atoms. The van der Waals surface area contributed by atoms with Crippen LogP contribution in [-0.2, 0) is 22.4 Å². The molecule has 1 heterocycles. The highest BCUT2D eigenvalue weighted by atomic mass is 35.5. The highest BCUT2D eigenvalue weighted by molar-refractivity contribution is 7.17. The van der Waals surface area contributed by atoms with Crippen LogP contribution in [0.1, 0.15) is 46.1 Å². The molecule has 1 aliphatic carbocycles. The topological polar surface area (TPSA) is 99.4 Å². The van der Waals surface area contributed by atoms with Crippen LogP contribution in [0, 0.1) is 11.3 Å². The summed E-state index contributed by atoms with van der Waals surface area (Å²) in [5.41, 5.74) is 1.12. The van der Waals surface area contributed by atoms with Gasteiger partial charge in [-0.05, 0) is 56.4 Å². The number of phenolic OH excluding ortho intramolecular Hbond substituents is 1. The number of halogens is 2. The number of fused-ring (bicyclic) bond motifs is 1. The van der Waals surface area contributed by atoms with Crippen LogP contribution in [0.4, 0.5) is 5.00 Å². The summed E-state index contributed by atoms with van der Waals surface area (Å²) >= 11 is 13.2. The number of anilines is 1. The number of aromatic hydroxyl groups is 1. The Morgan fingerprint density at radius 2 is 2.07 bits per heavy atom. The van der Waals surface area contributed by atoms with Crippen molar-refractivity contribution >= 4 is 57.5 Å². The van der Waals surface area contributed by atoms with Crippen molar-refractivity contribution in [2.24, 2.45) is 0 Å². The first-order chi connectivity index (χ1) is 14.3. The molecule has 1 amide bonds. The maximum absolute atomic E-state index is 12.8. The number of hydrogen-bond acceptors (Lipinski definition) is 6. The standard InChI is InChI=1S/C21H18Cl2N2O4S/c1-2-29-21(28)17-14-5-3-4-6-16(14)30-20(17)25-19(27)12(10-24)7-11-8-13(22)9-15(23)18(11)26/h7-9,26H,2-6H2,1H3,(H,25,27)/b12-7+. The maximum atomic E-state index is 12.8. The lowest BCUT2D eigenvalue weighted by atomic mass is 9.95. The normalized spacial score (nSPS) is 13.3. The molecule has 1 aromatic heterocycles. The van der Waals surface area contributed by atoms with Gasteiger partial charge in [-0.1, -0.05) is 23.2 Å². The number of hydrogen-bond donors (Lipinski definition) is 2. The Morgan fingerprint density at radius 1 is 1.33 bits per heavy atom. The quantitative estimate of drug-likeness (QED) is 0.352. The first-order valence-electron chi connectivity index (χ1n) is 9.28.